The van der Waals surface area contributed by atoms with E-state index in [1.54, 1.807) is 0 Å². The Hall–Kier alpha value is -0.650. The standard InChI is InChI=1S/C21H33NO4/c1-12-5-6-17-15(11-22-9-13(2)24-14(3)10-22)18(23)25-21(17)16(12)7-8-20(4)19(21)26-20/h12-17,19H,5-11H2,1-4H3/p+1/t12-,13-,14-,15+,16-,17+,19+,20+,21+/m0/s1. The Balaban J connectivity index is 1.42. The number of epoxide rings is 1. The van der Waals surface area contributed by atoms with Crippen molar-refractivity contribution >= 4 is 5.97 Å². The zero-order chi connectivity index (χ0) is 18.3. The number of morpholine rings is 1. The van der Waals surface area contributed by atoms with Gasteiger partial charge in [-0.15, -0.1) is 0 Å². The van der Waals surface area contributed by atoms with Crippen molar-refractivity contribution in [2.45, 2.75) is 82.9 Å². The van der Waals surface area contributed by atoms with Crippen LogP contribution >= 0.6 is 0 Å². The number of rotatable bonds is 2. The van der Waals surface area contributed by atoms with Gasteiger partial charge in [0.15, 0.2) is 0 Å². The summed E-state index contributed by atoms with van der Waals surface area (Å²) in [6.07, 6.45) is 5.26. The van der Waals surface area contributed by atoms with Crippen LogP contribution in [0.1, 0.15) is 53.4 Å². The summed E-state index contributed by atoms with van der Waals surface area (Å²) in [5.41, 5.74) is -0.384. The number of quaternary nitrogens is 1. The van der Waals surface area contributed by atoms with Gasteiger partial charge in [0.2, 0.25) is 0 Å². The third kappa shape index (κ3) is 2.36. The molecule has 0 radical (unpaired) electrons. The number of carbonyl (C=O) groups excluding carboxylic acids is 1. The van der Waals surface area contributed by atoms with Crippen LogP contribution in [0.4, 0.5) is 0 Å². The highest BCUT2D eigenvalue weighted by atomic mass is 16.7. The fourth-order valence-electron chi connectivity index (χ4n) is 7.15. The Morgan fingerprint density at radius 2 is 1.81 bits per heavy atom. The van der Waals surface area contributed by atoms with Gasteiger partial charge in [-0.05, 0) is 52.4 Å². The van der Waals surface area contributed by atoms with Crippen molar-refractivity contribution < 1.29 is 23.9 Å². The van der Waals surface area contributed by atoms with Crippen molar-refractivity contribution in [3.8, 4) is 0 Å². The Morgan fingerprint density at radius 3 is 2.54 bits per heavy atom. The van der Waals surface area contributed by atoms with E-state index in [4.69, 9.17) is 14.2 Å². The highest BCUT2D eigenvalue weighted by Crippen LogP contribution is 2.66. The van der Waals surface area contributed by atoms with Gasteiger partial charge in [-0.2, -0.15) is 0 Å². The molecular weight excluding hydrogens is 330 g/mol. The lowest BCUT2D eigenvalue weighted by molar-refractivity contribution is -0.917. The molecule has 3 saturated heterocycles. The summed E-state index contributed by atoms with van der Waals surface area (Å²) in [6, 6.07) is 0. The Labute approximate surface area is 156 Å². The fourth-order valence-corrected chi connectivity index (χ4v) is 7.15. The van der Waals surface area contributed by atoms with Crippen LogP contribution in [0.25, 0.3) is 0 Å². The van der Waals surface area contributed by atoms with Crippen LogP contribution in [0.5, 0.6) is 0 Å². The Bertz CT molecular complexity index is 601. The number of hydrogen-bond acceptors (Lipinski definition) is 4. The van der Waals surface area contributed by atoms with Crippen molar-refractivity contribution in [2.24, 2.45) is 23.7 Å². The molecule has 3 heterocycles. The van der Waals surface area contributed by atoms with Crippen molar-refractivity contribution in [1.82, 2.24) is 0 Å². The van der Waals surface area contributed by atoms with Gasteiger partial charge < -0.3 is 19.1 Å². The Morgan fingerprint density at radius 1 is 1.08 bits per heavy atom. The second kappa shape index (κ2) is 5.68. The van der Waals surface area contributed by atoms with E-state index < -0.39 is 0 Å². The van der Waals surface area contributed by atoms with Crippen molar-refractivity contribution in [1.29, 1.82) is 0 Å². The summed E-state index contributed by atoms with van der Waals surface area (Å²) in [4.78, 5) is 14.6. The molecule has 0 unspecified atom stereocenters. The molecule has 2 aliphatic carbocycles. The van der Waals surface area contributed by atoms with Gasteiger partial charge in [0.1, 0.15) is 42.9 Å². The summed E-state index contributed by atoms with van der Waals surface area (Å²) in [5, 5.41) is 0. The second-order valence-electron chi connectivity index (χ2n) is 10.1. The molecule has 0 aromatic carbocycles. The van der Waals surface area contributed by atoms with E-state index in [-0.39, 0.29) is 41.4 Å². The van der Waals surface area contributed by atoms with E-state index in [1.165, 1.54) is 11.3 Å². The van der Waals surface area contributed by atoms with E-state index >= 15 is 0 Å². The third-order valence-electron chi connectivity index (χ3n) is 8.22. The van der Waals surface area contributed by atoms with Crippen LogP contribution in [0.3, 0.4) is 0 Å². The smallest absolute Gasteiger partial charge is 0.315 e. The number of hydrogen-bond donors (Lipinski definition) is 1. The SMILES string of the molecule is C[C@H]1C[NH+](C[C@H]2C(=O)O[C@@]34[C@@H]2CC[C@H](C)[C@@H]3CC[C@@]2(C)O[C@@H]42)C[C@H](C)O1. The molecule has 3 aliphatic heterocycles. The average molecular weight is 365 g/mol. The summed E-state index contributed by atoms with van der Waals surface area (Å²) in [5.74, 6) is 1.53. The number of carbonyl (C=O) groups is 1. The molecule has 0 aromatic rings. The molecule has 0 aromatic heterocycles. The van der Waals surface area contributed by atoms with Crippen LogP contribution in [0, 0.1) is 23.7 Å². The lowest BCUT2D eigenvalue weighted by Crippen LogP contribution is -3.16. The average Bonchev–Trinajstić information content (AvgIpc) is 3.18. The third-order valence-corrected chi connectivity index (χ3v) is 8.22. The zero-order valence-electron chi connectivity index (χ0n) is 16.6. The van der Waals surface area contributed by atoms with Crippen LogP contribution < -0.4 is 4.90 Å². The van der Waals surface area contributed by atoms with Crippen molar-refractivity contribution in [3.63, 3.8) is 0 Å². The van der Waals surface area contributed by atoms with E-state index in [0.717, 1.165) is 38.9 Å². The van der Waals surface area contributed by atoms with E-state index in [0.29, 0.717) is 17.8 Å². The summed E-state index contributed by atoms with van der Waals surface area (Å²) < 4.78 is 18.4. The molecular formula is C21H34NO4+. The normalized spacial score (nSPS) is 58.4. The molecule has 146 valence electrons. The topological polar surface area (TPSA) is 52.5 Å². The molecule has 0 amide bonds. The maximum Gasteiger partial charge on any atom is 0.315 e. The number of esters is 1. The lowest BCUT2D eigenvalue weighted by atomic mass is 9.55. The largest absolute Gasteiger partial charge is 0.455 e. The molecule has 26 heavy (non-hydrogen) atoms. The second-order valence-corrected chi connectivity index (χ2v) is 10.1. The first-order chi connectivity index (χ1) is 12.3. The molecule has 2 saturated carbocycles. The first-order valence-electron chi connectivity index (χ1n) is 10.7. The highest BCUT2D eigenvalue weighted by Gasteiger charge is 2.77. The maximum absolute atomic E-state index is 13.1. The Kier molecular flexibility index (Phi) is 3.81. The molecule has 5 rings (SSSR count). The molecule has 5 aliphatic rings. The minimum Gasteiger partial charge on any atom is -0.455 e. The zero-order valence-corrected chi connectivity index (χ0v) is 16.6. The fraction of sp³-hybridized carbons (Fsp3) is 0.952. The highest BCUT2D eigenvalue weighted by molar-refractivity contribution is 5.77. The molecule has 1 N–H and O–H groups in total. The van der Waals surface area contributed by atoms with Crippen LogP contribution in [-0.2, 0) is 19.0 Å². The number of nitrogens with one attached hydrogen (secondary N) is 1. The monoisotopic (exact) mass is 364 g/mol. The first-order valence-corrected chi connectivity index (χ1v) is 10.7. The lowest BCUT2D eigenvalue weighted by Gasteiger charge is -2.50. The molecule has 5 fully saturated rings. The maximum atomic E-state index is 13.1. The van der Waals surface area contributed by atoms with E-state index in [2.05, 4.69) is 27.7 Å². The van der Waals surface area contributed by atoms with Gasteiger partial charge in [0, 0.05) is 11.8 Å². The molecule has 5 heteroatoms. The molecule has 5 nitrogen and oxygen atoms in total. The van der Waals surface area contributed by atoms with Gasteiger partial charge in [-0.25, -0.2) is 0 Å². The molecule has 9 atom stereocenters. The van der Waals surface area contributed by atoms with Gasteiger partial charge in [0.05, 0.1) is 12.1 Å². The number of fused-ring (bicyclic) bond motifs is 1. The van der Waals surface area contributed by atoms with Crippen molar-refractivity contribution in [2.75, 3.05) is 19.6 Å². The van der Waals surface area contributed by atoms with Gasteiger partial charge in [0.25, 0.3) is 0 Å². The van der Waals surface area contributed by atoms with Crippen molar-refractivity contribution in [3.05, 3.63) is 0 Å². The van der Waals surface area contributed by atoms with Crippen LogP contribution in [-0.4, -0.2) is 55.1 Å². The van der Waals surface area contributed by atoms with Crippen LogP contribution in [0.15, 0.2) is 0 Å². The van der Waals surface area contributed by atoms with E-state index in [9.17, 15) is 4.79 Å². The molecule has 0 bridgehead atoms. The summed E-state index contributed by atoms with van der Waals surface area (Å²) in [6.45, 7) is 11.7. The first kappa shape index (κ1) is 17.4. The van der Waals surface area contributed by atoms with Gasteiger partial charge in [-0.1, -0.05) is 6.92 Å². The van der Waals surface area contributed by atoms with Crippen LogP contribution in [0.2, 0.25) is 0 Å². The minimum absolute atomic E-state index is 0.0315. The minimum atomic E-state index is -0.338. The van der Waals surface area contributed by atoms with Gasteiger partial charge in [-0.3, -0.25) is 4.79 Å². The number of ether oxygens (including phenoxy) is 3. The summed E-state index contributed by atoms with van der Waals surface area (Å²) in [7, 11) is 0. The quantitative estimate of drug-likeness (QED) is 0.591. The predicted molar refractivity (Wildman–Crippen MR) is 95.8 cm³/mol. The predicted octanol–water partition coefficient (Wildman–Crippen LogP) is 1.20. The van der Waals surface area contributed by atoms with Gasteiger partial charge >= 0.3 is 5.97 Å². The van der Waals surface area contributed by atoms with E-state index in [1.807, 2.05) is 0 Å². The summed E-state index contributed by atoms with van der Waals surface area (Å²) >= 11 is 0. The molecule has 1 spiro atoms.